The van der Waals surface area contributed by atoms with Crippen LogP contribution in [0, 0.1) is 0 Å². The number of nitrogens with zero attached hydrogens (tertiary/aromatic N) is 1. The van der Waals surface area contributed by atoms with Crippen LogP contribution in [0.2, 0.25) is 0 Å². The Kier molecular flexibility index (Phi) is 6.81. The third kappa shape index (κ3) is 4.82. The molecule has 10 aromatic rings. The van der Waals surface area contributed by atoms with Crippen molar-refractivity contribution >= 4 is 60.9 Å². The van der Waals surface area contributed by atoms with Crippen LogP contribution >= 0.6 is 0 Å². The number of rotatable bonds is 6. The summed E-state index contributed by atoms with van der Waals surface area (Å²) in [4.78, 5) is 2.32. The Morgan fingerprint density at radius 1 is 0.314 bits per heavy atom. The topological polar surface area (TPSA) is 29.5 Å². The molecular weight excluding hydrogens is 623 g/mol. The highest BCUT2D eigenvalue weighted by Crippen LogP contribution is 2.47. The lowest BCUT2D eigenvalue weighted by Gasteiger charge is -2.26. The average Bonchev–Trinajstić information content (AvgIpc) is 3.79. The molecule has 51 heavy (non-hydrogen) atoms. The molecule has 0 saturated heterocycles. The summed E-state index contributed by atoms with van der Waals surface area (Å²) in [5.74, 6) is 0. The average molecular weight is 654 g/mol. The number of hydrogen-bond donors (Lipinski definition) is 0. The molecule has 0 aliphatic rings. The summed E-state index contributed by atoms with van der Waals surface area (Å²) in [6, 6.07) is 66.0. The molecule has 0 aliphatic heterocycles. The number of benzene rings is 8. The molecule has 3 heteroatoms. The molecule has 0 atom stereocenters. The second kappa shape index (κ2) is 11.9. The Morgan fingerprint density at radius 2 is 0.824 bits per heavy atom. The van der Waals surface area contributed by atoms with Crippen molar-refractivity contribution in [2.24, 2.45) is 0 Å². The normalized spacial score (nSPS) is 11.5. The first kappa shape index (κ1) is 29.1. The van der Waals surface area contributed by atoms with E-state index >= 15 is 0 Å². The molecule has 0 radical (unpaired) electrons. The highest BCUT2D eigenvalue weighted by Gasteiger charge is 2.24. The lowest BCUT2D eigenvalue weighted by Crippen LogP contribution is -2.10. The largest absolute Gasteiger partial charge is 0.456 e. The first-order valence-corrected chi connectivity index (χ1v) is 17.3. The van der Waals surface area contributed by atoms with E-state index < -0.39 is 0 Å². The Balaban J connectivity index is 1.21. The van der Waals surface area contributed by atoms with Gasteiger partial charge in [-0.25, -0.2) is 0 Å². The van der Waals surface area contributed by atoms with Crippen molar-refractivity contribution in [1.29, 1.82) is 0 Å². The maximum Gasteiger partial charge on any atom is 0.159 e. The van der Waals surface area contributed by atoms with Crippen molar-refractivity contribution in [1.82, 2.24) is 0 Å². The maximum atomic E-state index is 6.97. The van der Waals surface area contributed by atoms with Crippen LogP contribution in [0.5, 0.6) is 0 Å². The van der Waals surface area contributed by atoms with Crippen molar-refractivity contribution in [3.8, 4) is 33.4 Å². The molecule has 10 rings (SSSR count). The van der Waals surface area contributed by atoms with Gasteiger partial charge in [0.25, 0.3) is 0 Å². The zero-order chi connectivity index (χ0) is 33.7. The molecule has 0 spiro atoms. The molecule has 8 aromatic carbocycles. The minimum absolute atomic E-state index is 0.833. The summed E-state index contributed by atoms with van der Waals surface area (Å²) >= 11 is 0. The molecule has 0 aliphatic carbocycles. The zero-order valence-corrected chi connectivity index (χ0v) is 27.7. The monoisotopic (exact) mass is 653 g/mol. The van der Waals surface area contributed by atoms with Crippen LogP contribution < -0.4 is 4.90 Å². The van der Waals surface area contributed by atoms with Crippen LogP contribution in [0.25, 0.3) is 77.3 Å². The van der Waals surface area contributed by atoms with E-state index in [0.29, 0.717) is 0 Å². The quantitative estimate of drug-likeness (QED) is 0.179. The summed E-state index contributed by atoms with van der Waals surface area (Å²) in [5, 5.41) is 4.30. The van der Waals surface area contributed by atoms with Gasteiger partial charge in [0, 0.05) is 27.4 Å². The van der Waals surface area contributed by atoms with Gasteiger partial charge in [-0.05, 0) is 64.2 Å². The Morgan fingerprint density at radius 3 is 1.57 bits per heavy atom. The third-order valence-electron chi connectivity index (χ3n) is 9.90. The van der Waals surface area contributed by atoms with E-state index in [1.54, 1.807) is 0 Å². The Labute approximate surface area is 295 Å². The maximum absolute atomic E-state index is 6.97. The fourth-order valence-corrected chi connectivity index (χ4v) is 7.57. The molecule has 0 unspecified atom stereocenters. The molecule has 0 amide bonds. The van der Waals surface area contributed by atoms with Gasteiger partial charge < -0.3 is 13.7 Å². The zero-order valence-electron chi connectivity index (χ0n) is 27.7. The second-order valence-corrected chi connectivity index (χ2v) is 12.8. The van der Waals surface area contributed by atoms with E-state index in [1.807, 2.05) is 18.2 Å². The summed E-state index contributed by atoms with van der Waals surface area (Å²) in [5.41, 5.74) is 13.4. The van der Waals surface area contributed by atoms with Crippen molar-refractivity contribution < 1.29 is 8.83 Å². The Bertz CT molecular complexity index is 2850. The van der Waals surface area contributed by atoms with Crippen molar-refractivity contribution in [2.45, 2.75) is 0 Å². The van der Waals surface area contributed by atoms with E-state index in [2.05, 4.69) is 175 Å². The molecule has 0 fully saturated rings. The number of furan rings is 2. The first-order chi connectivity index (χ1) is 25.3. The van der Waals surface area contributed by atoms with Crippen LogP contribution in [0.15, 0.2) is 197 Å². The molecule has 2 aromatic heterocycles. The molecule has 0 bridgehead atoms. The standard InChI is InChI=1S/C48H31NO2/c1-3-14-32(15-4-1)36-18-7-8-19-37(36)34-28-30-35(31-29-34)49(42-24-13-27-45-46(42)41-20-9-10-26-44(41)50-45)43-25-12-23-40-39-22-11-21-38(47(39)51-48(40)43)33-16-5-2-6-17-33/h1-31H. The third-order valence-corrected chi connectivity index (χ3v) is 9.90. The van der Waals surface area contributed by atoms with Gasteiger partial charge in [-0.15, -0.1) is 0 Å². The molecule has 240 valence electrons. The van der Waals surface area contributed by atoms with Gasteiger partial charge >= 0.3 is 0 Å². The van der Waals surface area contributed by atoms with Crippen molar-refractivity contribution in [2.75, 3.05) is 4.90 Å². The molecule has 3 nitrogen and oxygen atoms in total. The SMILES string of the molecule is c1ccc(-c2ccccc2-c2ccc(N(c3cccc4c3oc3c(-c5ccccc5)cccc34)c3cccc4oc5ccccc5c34)cc2)cc1. The van der Waals surface area contributed by atoms with Crippen LogP contribution in [0.1, 0.15) is 0 Å². The first-order valence-electron chi connectivity index (χ1n) is 17.3. The van der Waals surface area contributed by atoms with E-state index in [0.717, 1.165) is 77.6 Å². The number of anilines is 3. The summed E-state index contributed by atoms with van der Waals surface area (Å²) in [6.45, 7) is 0. The highest BCUT2D eigenvalue weighted by atomic mass is 16.3. The predicted molar refractivity (Wildman–Crippen MR) is 212 cm³/mol. The van der Waals surface area contributed by atoms with Crippen molar-refractivity contribution in [3.05, 3.63) is 188 Å². The Hall–Kier alpha value is -6.84. The lowest BCUT2D eigenvalue weighted by atomic mass is 9.94. The van der Waals surface area contributed by atoms with Gasteiger partial charge in [0.1, 0.15) is 16.7 Å². The summed E-state index contributed by atoms with van der Waals surface area (Å²) in [7, 11) is 0. The van der Waals surface area contributed by atoms with Gasteiger partial charge in [-0.3, -0.25) is 0 Å². The minimum atomic E-state index is 0.833. The van der Waals surface area contributed by atoms with Gasteiger partial charge in [-0.1, -0.05) is 152 Å². The summed E-state index contributed by atoms with van der Waals surface area (Å²) in [6.07, 6.45) is 0. The molecule has 0 saturated carbocycles. The van der Waals surface area contributed by atoms with Gasteiger partial charge in [0.05, 0.1) is 16.8 Å². The van der Waals surface area contributed by atoms with Crippen LogP contribution in [0.3, 0.4) is 0 Å². The molecule has 2 heterocycles. The highest BCUT2D eigenvalue weighted by molar-refractivity contribution is 6.17. The predicted octanol–water partition coefficient (Wildman–Crippen LogP) is 14.0. The smallest absolute Gasteiger partial charge is 0.159 e. The molecular formula is C48H31NO2. The van der Waals surface area contributed by atoms with E-state index in [1.165, 1.54) is 16.7 Å². The van der Waals surface area contributed by atoms with E-state index in [-0.39, 0.29) is 0 Å². The lowest BCUT2D eigenvalue weighted by molar-refractivity contribution is 0.668. The summed E-state index contributed by atoms with van der Waals surface area (Å²) < 4.78 is 13.4. The second-order valence-electron chi connectivity index (χ2n) is 12.8. The van der Waals surface area contributed by atoms with E-state index in [9.17, 15) is 0 Å². The van der Waals surface area contributed by atoms with Crippen LogP contribution in [0.4, 0.5) is 17.1 Å². The minimum Gasteiger partial charge on any atom is -0.456 e. The van der Waals surface area contributed by atoms with Gasteiger partial charge in [0.15, 0.2) is 5.58 Å². The number of para-hydroxylation sites is 3. The fraction of sp³-hybridized carbons (Fsp3) is 0. The van der Waals surface area contributed by atoms with Gasteiger partial charge in [-0.2, -0.15) is 0 Å². The van der Waals surface area contributed by atoms with Gasteiger partial charge in [0.2, 0.25) is 0 Å². The van der Waals surface area contributed by atoms with Crippen LogP contribution in [-0.4, -0.2) is 0 Å². The number of fused-ring (bicyclic) bond motifs is 6. The van der Waals surface area contributed by atoms with Crippen molar-refractivity contribution in [3.63, 3.8) is 0 Å². The molecule has 0 N–H and O–H groups in total. The van der Waals surface area contributed by atoms with Crippen LogP contribution in [-0.2, 0) is 0 Å². The fourth-order valence-electron chi connectivity index (χ4n) is 7.57. The van der Waals surface area contributed by atoms with E-state index in [4.69, 9.17) is 8.83 Å². The number of hydrogen-bond acceptors (Lipinski definition) is 3.